The lowest BCUT2D eigenvalue weighted by Crippen LogP contribution is -2.53. The Morgan fingerprint density at radius 1 is 1.58 bits per heavy atom. The van der Waals surface area contributed by atoms with E-state index in [0.717, 1.165) is 17.8 Å². The minimum atomic E-state index is -1.19. The number of aliphatic hydroxyl groups is 1. The van der Waals surface area contributed by atoms with Crippen LogP contribution < -0.4 is 4.90 Å². The maximum Gasteiger partial charge on any atom is 0.328 e. The summed E-state index contributed by atoms with van der Waals surface area (Å²) < 4.78 is 12.2. The van der Waals surface area contributed by atoms with E-state index in [-0.39, 0.29) is 6.03 Å². The normalized spacial score (nSPS) is 21.9. The van der Waals surface area contributed by atoms with Gasteiger partial charge < -0.3 is 14.6 Å². The molecule has 0 radical (unpaired) electrons. The van der Waals surface area contributed by atoms with Crippen molar-refractivity contribution in [2.24, 2.45) is 0 Å². The van der Waals surface area contributed by atoms with Gasteiger partial charge in [0.1, 0.15) is 12.0 Å². The summed E-state index contributed by atoms with van der Waals surface area (Å²) in [6.45, 7) is 2.44. The van der Waals surface area contributed by atoms with E-state index in [1.807, 2.05) is 6.92 Å². The third-order valence-electron chi connectivity index (χ3n) is 2.74. The van der Waals surface area contributed by atoms with E-state index in [9.17, 15) is 14.5 Å². The Hall–Kier alpha value is -0.900. The summed E-state index contributed by atoms with van der Waals surface area (Å²) in [5.74, 6) is 0.519. The number of amides is 2. The van der Waals surface area contributed by atoms with Crippen LogP contribution in [-0.4, -0.2) is 56.4 Å². The van der Waals surface area contributed by atoms with Crippen LogP contribution in [0.3, 0.4) is 0 Å². The highest BCUT2D eigenvalue weighted by molar-refractivity contribution is 7.93. The Kier molecular flexibility index (Phi) is 4.61. The van der Waals surface area contributed by atoms with Gasteiger partial charge >= 0.3 is 10.4 Å². The van der Waals surface area contributed by atoms with Crippen LogP contribution >= 0.6 is 11.3 Å². The molecule has 0 aliphatic carbocycles. The standard InChI is InChI=1S/C10H16N4O3S2/c1-3-6-19(17)9-12-11-8(18-9)14-7(15)4-5-13(2)10(14)16/h7,15H,3-6H2,1-2H3. The molecule has 2 rings (SSSR count). The Balaban J connectivity index is 2.19. The smallest absolute Gasteiger partial charge is 0.328 e. The van der Waals surface area contributed by atoms with Crippen molar-refractivity contribution >= 4 is 33.7 Å². The van der Waals surface area contributed by atoms with Gasteiger partial charge in [0, 0.05) is 31.2 Å². The topological polar surface area (TPSA) is 92.6 Å². The van der Waals surface area contributed by atoms with Crippen molar-refractivity contribution in [2.75, 3.05) is 24.2 Å². The molecule has 106 valence electrons. The maximum absolute atomic E-state index is 12.0. The lowest BCUT2D eigenvalue weighted by molar-refractivity contribution is 0.116. The molecule has 0 spiro atoms. The van der Waals surface area contributed by atoms with Gasteiger partial charge in [-0.2, -0.15) is 0 Å². The van der Waals surface area contributed by atoms with Crippen molar-refractivity contribution in [2.45, 2.75) is 30.3 Å². The fraction of sp³-hybridized carbons (Fsp3) is 0.700. The predicted molar refractivity (Wildman–Crippen MR) is 72.6 cm³/mol. The van der Waals surface area contributed by atoms with Gasteiger partial charge in [-0.25, -0.2) is 9.69 Å². The number of aliphatic hydroxyl groups excluding tert-OH is 1. The van der Waals surface area contributed by atoms with Crippen LogP contribution in [0, 0.1) is 0 Å². The van der Waals surface area contributed by atoms with Crippen LogP contribution in [0.1, 0.15) is 19.8 Å². The van der Waals surface area contributed by atoms with Gasteiger partial charge in [-0.05, 0) is 17.8 Å². The van der Waals surface area contributed by atoms with Crippen LogP contribution in [-0.2, 0) is 11.2 Å². The summed E-state index contributed by atoms with van der Waals surface area (Å²) in [6, 6.07) is -0.317. The van der Waals surface area contributed by atoms with Gasteiger partial charge in [0.25, 0.3) is 0 Å². The second-order valence-electron chi connectivity index (χ2n) is 4.24. The minimum Gasteiger partial charge on any atom is -0.610 e. The fourth-order valence-corrected chi connectivity index (χ4v) is 3.86. The number of rotatable bonds is 4. The largest absolute Gasteiger partial charge is 0.610 e. The van der Waals surface area contributed by atoms with E-state index < -0.39 is 17.4 Å². The molecule has 1 saturated heterocycles. The first-order valence-corrected chi connectivity index (χ1v) is 8.12. The molecule has 0 aromatic carbocycles. The quantitative estimate of drug-likeness (QED) is 0.651. The van der Waals surface area contributed by atoms with Crippen molar-refractivity contribution in [1.29, 1.82) is 0 Å². The van der Waals surface area contributed by atoms with Crippen molar-refractivity contribution in [3.63, 3.8) is 0 Å². The number of carbonyl (C=O) groups excluding carboxylic acids is 1. The molecule has 2 unspecified atom stereocenters. The van der Waals surface area contributed by atoms with E-state index in [4.69, 9.17) is 0 Å². The number of hydrogen-bond donors (Lipinski definition) is 1. The van der Waals surface area contributed by atoms with Gasteiger partial charge in [0.2, 0.25) is 5.13 Å². The Morgan fingerprint density at radius 3 is 3.00 bits per heavy atom. The van der Waals surface area contributed by atoms with Crippen LogP contribution in [0.5, 0.6) is 0 Å². The third-order valence-corrected chi connectivity index (χ3v) is 5.51. The molecule has 9 heteroatoms. The van der Waals surface area contributed by atoms with E-state index in [1.54, 1.807) is 7.05 Å². The Morgan fingerprint density at radius 2 is 2.32 bits per heavy atom. The maximum atomic E-state index is 12.0. The van der Waals surface area contributed by atoms with Gasteiger partial charge in [0.05, 0.1) is 0 Å². The molecular weight excluding hydrogens is 288 g/mol. The first kappa shape index (κ1) is 14.5. The molecule has 1 fully saturated rings. The molecule has 2 heterocycles. The van der Waals surface area contributed by atoms with Gasteiger partial charge in [-0.15, -0.1) is 5.10 Å². The molecular formula is C10H16N4O3S2. The molecule has 1 N–H and O–H groups in total. The number of nitrogens with zero attached hydrogens (tertiary/aromatic N) is 4. The number of urea groups is 1. The molecule has 1 aliphatic heterocycles. The van der Waals surface area contributed by atoms with Crippen molar-refractivity contribution in [3.8, 4) is 0 Å². The fourth-order valence-electron chi connectivity index (χ4n) is 1.72. The zero-order valence-electron chi connectivity index (χ0n) is 10.8. The summed E-state index contributed by atoms with van der Waals surface area (Å²) in [4.78, 5) is 14.7. The monoisotopic (exact) mass is 304 g/mol. The van der Waals surface area contributed by atoms with Gasteiger partial charge in [-0.3, -0.25) is 0 Å². The molecule has 1 aromatic rings. The van der Waals surface area contributed by atoms with Crippen LogP contribution in [0.2, 0.25) is 0 Å². The molecule has 19 heavy (non-hydrogen) atoms. The Labute approximate surface area is 118 Å². The number of aromatic nitrogens is 2. The van der Waals surface area contributed by atoms with Crippen LogP contribution in [0.15, 0.2) is 4.34 Å². The molecule has 1 aromatic heterocycles. The van der Waals surface area contributed by atoms with Gasteiger partial charge in [0.15, 0.2) is 0 Å². The average Bonchev–Trinajstić information content (AvgIpc) is 2.84. The second kappa shape index (κ2) is 6.04. The SMILES string of the molecule is CCC[S+]([O-])c1nnc(N2C(=O)N(C)CCC2O)s1. The summed E-state index contributed by atoms with van der Waals surface area (Å²) in [7, 11) is 1.67. The zero-order valence-corrected chi connectivity index (χ0v) is 12.4. The van der Waals surface area contributed by atoms with Gasteiger partial charge in [-0.1, -0.05) is 12.0 Å². The average molecular weight is 304 g/mol. The van der Waals surface area contributed by atoms with E-state index in [1.165, 1.54) is 9.80 Å². The van der Waals surface area contributed by atoms with Crippen LogP contribution in [0.4, 0.5) is 9.93 Å². The molecule has 2 amide bonds. The number of hydrogen-bond acceptors (Lipinski definition) is 6. The van der Waals surface area contributed by atoms with Crippen LogP contribution in [0.25, 0.3) is 0 Å². The third kappa shape index (κ3) is 2.99. The lowest BCUT2D eigenvalue weighted by atomic mass is 10.3. The summed E-state index contributed by atoms with van der Waals surface area (Å²) >= 11 is -0.0935. The van der Waals surface area contributed by atoms with E-state index in [0.29, 0.717) is 28.2 Å². The lowest BCUT2D eigenvalue weighted by Gasteiger charge is -2.35. The zero-order chi connectivity index (χ0) is 14.0. The van der Waals surface area contributed by atoms with Crippen molar-refractivity contribution in [3.05, 3.63) is 0 Å². The number of anilines is 1. The molecule has 7 nitrogen and oxygen atoms in total. The highest BCUT2D eigenvalue weighted by atomic mass is 32.2. The molecule has 0 saturated carbocycles. The highest BCUT2D eigenvalue weighted by Crippen LogP contribution is 2.28. The minimum absolute atomic E-state index is 0.295. The second-order valence-corrected chi connectivity index (χ2v) is 6.94. The van der Waals surface area contributed by atoms with E-state index >= 15 is 0 Å². The number of carbonyl (C=O) groups is 1. The van der Waals surface area contributed by atoms with Crippen molar-refractivity contribution in [1.82, 2.24) is 15.1 Å². The predicted octanol–water partition coefficient (Wildman–Crippen LogP) is 0.636. The molecule has 0 bridgehead atoms. The summed E-state index contributed by atoms with van der Waals surface area (Å²) in [6.07, 6.45) is 0.342. The first-order valence-electron chi connectivity index (χ1n) is 5.99. The molecule has 2 atom stereocenters. The molecule has 1 aliphatic rings. The Bertz CT molecular complexity index is 456. The first-order chi connectivity index (χ1) is 9.04. The van der Waals surface area contributed by atoms with E-state index in [2.05, 4.69) is 10.2 Å². The van der Waals surface area contributed by atoms with Crippen molar-refractivity contribution < 1.29 is 14.5 Å². The summed E-state index contributed by atoms with van der Waals surface area (Å²) in [5.41, 5.74) is 0. The summed E-state index contributed by atoms with van der Waals surface area (Å²) in [5, 5.41) is 17.9. The highest BCUT2D eigenvalue weighted by Gasteiger charge is 2.34.